The Morgan fingerprint density at radius 1 is 1.00 bits per heavy atom. The van der Waals surface area contributed by atoms with Gasteiger partial charge in [0, 0.05) is 58.6 Å². The van der Waals surface area contributed by atoms with Gasteiger partial charge in [-0.05, 0) is 36.8 Å². The predicted molar refractivity (Wildman–Crippen MR) is 127 cm³/mol. The Labute approximate surface area is 196 Å². The van der Waals surface area contributed by atoms with Gasteiger partial charge in [-0.15, -0.1) is 0 Å². The SMILES string of the molecule is Cc1[nH]c2ccccc2c1[C@@H]1c2ccccc2C(=O)N1CCC(=O)NNC(=O)c1ccncc1. The zero-order valence-corrected chi connectivity index (χ0v) is 18.5. The van der Waals surface area contributed by atoms with Gasteiger partial charge in [-0.3, -0.25) is 30.2 Å². The summed E-state index contributed by atoms with van der Waals surface area (Å²) in [6.07, 6.45) is 3.04. The van der Waals surface area contributed by atoms with Crippen LogP contribution >= 0.6 is 0 Å². The number of carbonyl (C=O) groups excluding carboxylic acids is 3. The summed E-state index contributed by atoms with van der Waals surface area (Å²) < 4.78 is 0. The molecule has 0 fully saturated rings. The number of amides is 3. The molecule has 1 atom stereocenters. The minimum atomic E-state index is -0.437. The van der Waals surface area contributed by atoms with E-state index in [2.05, 4.69) is 20.8 Å². The number of para-hydroxylation sites is 1. The van der Waals surface area contributed by atoms with E-state index in [-0.39, 0.29) is 30.8 Å². The van der Waals surface area contributed by atoms with Crippen LogP contribution < -0.4 is 10.9 Å². The first-order valence-corrected chi connectivity index (χ1v) is 11.0. The average molecular weight is 454 g/mol. The van der Waals surface area contributed by atoms with Gasteiger partial charge < -0.3 is 9.88 Å². The van der Waals surface area contributed by atoms with E-state index in [1.807, 2.05) is 55.5 Å². The molecule has 0 saturated carbocycles. The summed E-state index contributed by atoms with van der Waals surface area (Å²) >= 11 is 0. The zero-order chi connectivity index (χ0) is 23.7. The maximum atomic E-state index is 13.3. The fourth-order valence-electron chi connectivity index (χ4n) is 4.55. The summed E-state index contributed by atoms with van der Waals surface area (Å²) in [5.74, 6) is -0.938. The number of fused-ring (bicyclic) bond motifs is 2. The van der Waals surface area contributed by atoms with Crippen LogP contribution in [0.15, 0.2) is 73.1 Å². The first kappa shape index (κ1) is 21.4. The Morgan fingerprint density at radius 3 is 2.56 bits per heavy atom. The topological polar surface area (TPSA) is 107 Å². The van der Waals surface area contributed by atoms with E-state index in [9.17, 15) is 14.4 Å². The van der Waals surface area contributed by atoms with Crippen LogP contribution in [0.4, 0.5) is 0 Å². The van der Waals surface area contributed by atoms with Crippen LogP contribution in [0.3, 0.4) is 0 Å². The third-order valence-electron chi connectivity index (χ3n) is 6.11. The zero-order valence-electron chi connectivity index (χ0n) is 18.5. The third kappa shape index (κ3) is 3.79. The highest BCUT2D eigenvalue weighted by atomic mass is 16.2. The van der Waals surface area contributed by atoms with Crippen LogP contribution in [0.1, 0.15) is 50.0 Å². The Morgan fingerprint density at radius 2 is 1.74 bits per heavy atom. The second-order valence-corrected chi connectivity index (χ2v) is 8.19. The van der Waals surface area contributed by atoms with Crippen molar-refractivity contribution in [2.75, 3.05) is 6.54 Å². The van der Waals surface area contributed by atoms with Crippen LogP contribution in [-0.4, -0.2) is 39.1 Å². The van der Waals surface area contributed by atoms with E-state index in [1.165, 1.54) is 12.4 Å². The number of hydrogen-bond donors (Lipinski definition) is 3. The number of pyridine rings is 1. The molecule has 0 spiro atoms. The van der Waals surface area contributed by atoms with Gasteiger partial charge in [0.1, 0.15) is 0 Å². The summed E-state index contributed by atoms with van der Waals surface area (Å²) in [5.41, 5.74) is 9.79. The quantitative estimate of drug-likeness (QED) is 0.403. The van der Waals surface area contributed by atoms with Crippen LogP contribution in [-0.2, 0) is 4.79 Å². The van der Waals surface area contributed by atoms with Gasteiger partial charge in [0.25, 0.3) is 11.8 Å². The van der Waals surface area contributed by atoms with Crippen molar-refractivity contribution in [1.82, 2.24) is 25.7 Å². The number of aryl methyl sites for hydroxylation is 1. The Balaban J connectivity index is 1.36. The number of benzene rings is 2. The van der Waals surface area contributed by atoms with Crippen LogP contribution in [0.25, 0.3) is 10.9 Å². The fourth-order valence-corrected chi connectivity index (χ4v) is 4.55. The molecule has 1 aliphatic rings. The number of hydrazine groups is 1. The van der Waals surface area contributed by atoms with Gasteiger partial charge in [-0.1, -0.05) is 36.4 Å². The minimum Gasteiger partial charge on any atom is -0.358 e. The third-order valence-corrected chi connectivity index (χ3v) is 6.11. The molecule has 34 heavy (non-hydrogen) atoms. The molecular weight excluding hydrogens is 430 g/mol. The van der Waals surface area contributed by atoms with Crippen molar-refractivity contribution in [1.29, 1.82) is 0 Å². The molecule has 5 rings (SSSR count). The maximum Gasteiger partial charge on any atom is 0.269 e. The van der Waals surface area contributed by atoms with E-state index in [0.717, 1.165) is 27.7 Å². The first-order valence-electron chi connectivity index (χ1n) is 11.0. The smallest absolute Gasteiger partial charge is 0.269 e. The van der Waals surface area contributed by atoms with Crippen molar-refractivity contribution in [2.45, 2.75) is 19.4 Å². The lowest BCUT2D eigenvalue weighted by Crippen LogP contribution is -2.43. The van der Waals surface area contributed by atoms with Crippen molar-refractivity contribution in [3.63, 3.8) is 0 Å². The first-order chi connectivity index (χ1) is 16.5. The second kappa shape index (κ2) is 8.82. The summed E-state index contributed by atoms with van der Waals surface area (Å²) in [4.78, 5) is 47.0. The summed E-state index contributed by atoms with van der Waals surface area (Å²) in [6, 6.07) is 18.4. The van der Waals surface area contributed by atoms with Gasteiger partial charge in [-0.25, -0.2) is 0 Å². The lowest BCUT2D eigenvalue weighted by Gasteiger charge is -2.26. The van der Waals surface area contributed by atoms with E-state index < -0.39 is 5.91 Å². The molecular formula is C26H23N5O3. The molecule has 0 bridgehead atoms. The molecule has 1 aliphatic heterocycles. The molecule has 2 aromatic heterocycles. The number of aromatic amines is 1. The van der Waals surface area contributed by atoms with E-state index in [1.54, 1.807) is 17.0 Å². The molecule has 4 aromatic rings. The van der Waals surface area contributed by atoms with Gasteiger partial charge >= 0.3 is 0 Å². The van der Waals surface area contributed by atoms with Crippen molar-refractivity contribution in [3.05, 3.63) is 101 Å². The summed E-state index contributed by atoms with van der Waals surface area (Å²) in [7, 11) is 0. The molecule has 0 aliphatic carbocycles. The Bertz CT molecular complexity index is 1400. The lowest BCUT2D eigenvalue weighted by atomic mass is 9.95. The number of carbonyl (C=O) groups is 3. The minimum absolute atomic E-state index is 0.0360. The Kier molecular flexibility index (Phi) is 5.55. The largest absolute Gasteiger partial charge is 0.358 e. The van der Waals surface area contributed by atoms with E-state index in [0.29, 0.717) is 11.1 Å². The predicted octanol–water partition coefficient (Wildman–Crippen LogP) is 3.27. The maximum absolute atomic E-state index is 13.3. The van der Waals surface area contributed by atoms with Crippen LogP contribution in [0.5, 0.6) is 0 Å². The van der Waals surface area contributed by atoms with Crippen molar-refractivity contribution >= 4 is 28.6 Å². The summed E-state index contributed by atoms with van der Waals surface area (Å²) in [5, 5.41) is 1.05. The number of rotatable bonds is 5. The van der Waals surface area contributed by atoms with Crippen molar-refractivity contribution in [3.8, 4) is 0 Å². The molecule has 2 aromatic carbocycles. The molecule has 0 unspecified atom stereocenters. The van der Waals surface area contributed by atoms with Crippen LogP contribution in [0.2, 0.25) is 0 Å². The van der Waals surface area contributed by atoms with Gasteiger partial charge in [0.2, 0.25) is 5.91 Å². The summed E-state index contributed by atoms with van der Waals surface area (Å²) in [6.45, 7) is 2.20. The molecule has 3 heterocycles. The van der Waals surface area contributed by atoms with Gasteiger partial charge in [0.05, 0.1) is 6.04 Å². The fraction of sp³-hybridized carbons (Fsp3) is 0.154. The highest BCUT2D eigenvalue weighted by molar-refractivity contribution is 6.01. The molecule has 0 saturated heterocycles. The van der Waals surface area contributed by atoms with E-state index in [4.69, 9.17) is 0 Å². The number of nitrogens with zero attached hydrogens (tertiary/aromatic N) is 2. The monoisotopic (exact) mass is 453 g/mol. The second-order valence-electron chi connectivity index (χ2n) is 8.19. The van der Waals surface area contributed by atoms with Gasteiger partial charge in [-0.2, -0.15) is 0 Å². The number of nitrogens with one attached hydrogen (secondary N) is 3. The Hall–Kier alpha value is -4.46. The average Bonchev–Trinajstić information content (AvgIpc) is 3.34. The van der Waals surface area contributed by atoms with Crippen molar-refractivity contribution in [2.24, 2.45) is 0 Å². The number of H-pyrrole nitrogens is 1. The highest BCUT2D eigenvalue weighted by Crippen LogP contribution is 2.42. The number of hydrogen-bond acceptors (Lipinski definition) is 4. The lowest BCUT2D eigenvalue weighted by molar-refractivity contribution is -0.122. The highest BCUT2D eigenvalue weighted by Gasteiger charge is 2.39. The standard InChI is InChI=1S/C26H23N5O3/c1-16-23(20-8-4-5-9-21(20)28-16)24-18-6-2-3-7-19(18)26(34)31(24)15-12-22(32)29-30-25(33)17-10-13-27-14-11-17/h2-11,13-14,24,28H,12,15H2,1H3,(H,29,32)(H,30,33)/t24-/m0/s1. The van der Waals surface area contributed by atoms with Crippen LogP contribution in [0, 0.1) is 6.92 Å². The molecule has 8 nitrogen and oxygen atoms in total. The molecule has 0 radical (unpaired) electrons. The van der Waals surface area contributed by atoms with Crippen molar-refractivity contribution < 1.29 is 14.4 Å². The van der Waals surface area contributed by atoms with E-state index >= 15 is 0 Å². The molecule has 8 heteroatoms. The normalized spacial score (nSPS) is 14.8. The molecule has 3 N–H and O–H groups in total. The molecule has 3 amide bonds. The number of aromatic nitrogens is 2. The van der Waals surface area contributed by atoms with Gasteiger partial charge in [0.15, 0.2) is 0 Å². The molecule has 170 valence electrons.